The smallest absolute Gasteiger partial charge is 0.290 e. The molecule has 4 nitrogen and oxygen atoms in total. The Bertz CT molecular complexity index is 378. The number of nitrogens with zero attached hydrogens (tertiary/aromatic N) is 1. The van der Waals surface area contributed by atoms with Crippen molar-refractivity contribution in [1.82, 2.24) is 4.90 Å². The fourth-order valence-corrected chi connectivity index (χ4v) is 1.40. The van der Waals surface area contributed by atoms with Gasteiger partial charge in [-0.05, 0) is 30.7 Å². The van der Waals surface area contributed by atoms with E-state index in [-0.39, 0.29) is 28.4 Å². The zero-order chi connectivity index (χ0) is 11.4. The molecule has 1 rings (SSSR count). The highest BCUT2D eigenvalue weighted by molar-refractivity contribution is 7.80. The zero-order valence-corrected chi connectivity index (χ0v) is 9.77. The molecule has 15 heavy (non-hydrogen) atoms. The van der Waals surface area contributed by atoms with Gasteiger partial charge < -0.3 is 15.1 Å². The van der Waals surface area contributed by atoms with Crippen molar-refractivity contribution in [3.63, 3.8) is 0 Å². The van der Waals surface area contributed by atoms with Gasteiger partial charge in [-0.2, -0.15) is 0 Å². The van der Waals surface area contributed by atoms with Crippen LogP contribution in [0.1, 0.15) is 17.5 Å². The Morgan fingerprint density at radius 2 is 2.33 bits per heavy atom. The Morgan fingerprint density at radius 3 is 2.73 bits per heavy atom. The van der Waals surface area contributed by atoms with Crippen molar-refractivity contribution in [2.45, 2.75) is 6.92 Å². The molecule has 0 spiro atoms. The van der Waals surface area contributed by atoms with Crippen LogP contribution in [0.3, 0.4) is 0 Å². The maximum atomic E-state index is 11.8. The lowest BCUT2D eigenvalue weighted by atomic mass is 10.3. The first-order chi connectivity index (χ1) is 7.04. The van der Waals surface area contributed by atoms with Gasteiger partial charge in [0.05, 0.1) is 11.5 Å². The normalized spacial score (nSPS) is 10.0. The van der Waals surface area contributed by atoms with Crippen molar-refractivity contribution in [3.8, 4) is 0 Å². The first-order valence-electron chi connectivity index (χ1n) is 4.37. The summed E-state index contributed by atoms with van der Waals surface area (Å²) in [6, 6.07) is 3.04. The van der Waals surface area contributed by atoms with Crippen molar-refractivity contribution < 1.29 is 9.21 Å². The van der Waals surface area contributed by atoms with Crippen molar-refractivity contribution >= 4 is 34.7 Å². The molecule has 0 unspecified atom stereocenters. The summed E-state index contributed by atoms with van der Waals surface area (Å²) < 4.78 is 5.00. The van der Waals surface area contributed by atoms with Crippen LogP contribution in [-0.2, 0) is 0 Å². The SMILES string of the molecule is CCN(CC(N)=S)C(=O)c1ccc(Cl)o1. The van der Waals surface area contributed by atoms with E-state index in [0.717, 1.165) is 0 Å². The summed E-state index contributed by atoms with van der Waals surface area (Å²) in [5.41, 5.74) is 5.37. The number of nitrogens with two attached hydrogens (primary N) is 1. The Kier molecular flexibility index (Phi) is 4.11. The van der Waals surface area contributed by atoms with Crippen molar-refractivity contribution in [3.05, 3.63) is 23.1 Å². The second-order valence-electron chi connectivity index (χ2n) is 2.89. The summed E-state index contributed by atoms with van der Waals surface area (Å²) in [7, 11) is 0. The van der Waals surface area contributed by atoms with Gasteiger partial charge in [0, 0.05) is 6.54 Å². The van der Waals surface area contributed by atoms with Gasteiger partial charge >= 0.3 is 0 Å². The Balaban J connectivity index is 2.77. The molecule has 6 heteroatoms. The molecule has 0 atom stereocenters. The average Bonchev–Trinajstić information content (AvgIpc) is 2.60. The number of hydrogen-bond acceptors (Lipinski definition) is 3. The molecule has 0 radical (unpaired) electrons. The summed E-state index contributed by atoms with van der Waals surface area (Å²) in [5, 5.41) is 0.185. The molecule has 0 aromatic carbocycles. The molecule has 0 saturated carbocycles. The minimum atomic E-state index is -0.266. The van der Waals surface area contributed by atoms with Crippen molar-refractivity contribution in [2.24, 2.45) is 5.73 Å². The molecule has 1 amide bonds. The topological polar surface area (TPSA) is 59.5 Å². The molecule has 1 aromatic heterocycles. The van der Waals surface area contributed by atoms with Gasteiger partial charge in [-0.15, -0.1) is 0 Å². The van der Waals surface area contributed by atoms with E-state index in [1.807, 2.05) is 6.92 Å². The van der Waals surface area contributed by atoms with Crippen LogP contribution in [0.2, 0.25) is 5.22 Å². The number of hydrogen-bond donors (Lipinski definition) is 1. The van der Waals surface area contributed by atoms with E-state index in [9.17, 15) is 4.79 Å². The summed E-state index contributed by atoms with van der Waals surface area (Å²) >= 11 is 10.3. The lowest BCUT2D eigenvalue weighted by Crippen LogP contribution is -2.37. The number of carbonyl (C=O) groups excluding carboxylic acids is 1. The third-order valence-corrected chi connectivity index (χ3v) is 2.13. The van der Waals surface area contributed by atoms with Gasteiger partial charge in [-0.1, -0.05) is 12.2 Å². The highest BCUT2D eigenvalue weighted by atomic mass is 35.5. The van der Waals surface area contributed by atoms with Crippen LogP contribution in [0, 0.1) is 0 Å². The molecule has 1 aromatic rings. The number of halogens is 1. The third kappa shape index (κ3) is 3.21. The number of furan rings is 1. The Hall–Kier alpha value is -1.07. The van der Waals surface area contributed by atoms with E-state index in [2.05, 4.69) is 0 Å². The first-order valence-corrected chi connectivity index (χ1v) is 5.16. The fourth-order valence-electron chi connectivity index (χ4n) is 1.10. The molecule has 2 N–H and O–H groups in total. The Labute approximate surface area is 98.0 Å². The highest BCUT2D eigenvalue weighted by Gasteiger charge is 2.17. The number of carbonyl (C=O) groups is 1. The van der Waals surface area contributed by atoms with Gasteiger partial charge in [0.15, 0.2) is 11.0 Å². The van der Waals surface area contributed by atoms with Gasteiger partial charge in [-0.3, -0.25) is 4.79 Å². The van der Waals surface area contributed by atoms with Gasteiger partial charge in [0.2, 0.25) is 0 Å². The monoisotopic (exact) mass is 246 g/mol. The number of thiocarbonyl (C=S) groups is 1. The fraction of sp³-hybridized carbons (Fsp3) is 0.333. The molecule has 1 heterocycles. The molecule has 0 aliphatic rings. The minimum absolute atomic E-state index is 0.185. The molecule has 0 saturated heterocycles. The predicted octanol–water partition coefficient (Wildman–Crippen LogP) is 1.68. The highest BCUT2D eigenvalue weighted by Crippen LogP contribution is 2.14. The van der Waals surface area contributed by atoms with E-state index in [4.69, 9.17) is 34.0 Å². The average molecular weight is 247 g/mol. The van der Waals surface area contributed by atoms with Crippen LogP contribution in [0.4, 0.5) is 0 Å². The lowest BCUT2D eigenvalue weighted by Gasteiger charge is -2.18. The molecular weight excluding hydrogens is 236 g/mol. The van der Waals surface area contributed by atoms with Crippen LogP contribution in [-0.4, -0.2) is 28.9 Å². The second kappa shape index (κ2) is 5.14. The maximum Gasteiger partial charge on any atom is 0.290 e. The van der Waals surface area contributed by atoms with Crippen molar-refractivity contribution in [1.29, 1.82) is 0 Å². The summed E-state index contributed by atoms with van der Waals surface area (Å²) in [5.74, 6) is -0.0738. The largest absolute Gasteiger partial charge is 0.440 e. The minimum Gasteiger partial charge on any atom is -0.440 e. The predicted molar refractivity (Wildman–Crippen MR) is 62.1 cm³/mol. The van der Waals surface area contributed by atoms with Gasteiger partial charge in [-0.25, -0.2) is 0 Å². The van der Waals surface area contributed by atoms with Gasteiger partial charge in [0.1, 0.15) is 0 Å². The molecular formula is C9H11ClN2O2S. The molecule has 82 valence electrons. The van der Waals surface area contributed by atoms with E-state index >= 15 is 0 Å². The van der Waals surface area contributed by atoms with Crippen LogP contribution < -0.4 is 5.73 Å². The number of rotatable bonds is 4. The number of likely N-dealkylation sites (N-methyl/N-ethyl adjacent to an activating group) is 1. The van der Waals surface area contributed by atoms with Crippen LogP contribution >= 0.6 is 23.8 Å². The quantitative estimate of drug-likeness (QED) is 0.822. The maximum absolute atomic E-state index is 11.8. The zero-order valence-electron chi connectivity index (χ0n) is 8.20. The lowest BCUT2D eigenvalue weighted by molar-refractivity contribution is 0.0756. The molecule has 0 fully saturated rings. The van der Waals surface area contributed by atoms with Crippen LogP contribution in [0.15, 0.2) is 16.5 Å². The standard InChI is InChI=1S/C9H11ClN2O2S/c1-2-12(5-8(11)15)9(13)6-3-4-7(10)14-6/h3-4H,2,5H2,1H3,(H2,11,15). The summed E-state index contributed by atoms with van der Waals surface area (Å²) in [4.78, 5) is 13.5. The van der Waals surface area contributed by atoms with Crippen molar-refractivity contribution in [2.75, 3.05) is 13.1 Å². The van der Waals surface area contributed by atoms with E-state index in [1.165, 1.54) is 17.0 Å². The summed E-state index contributed by atoms with van der Waals surface area (Å²) in [6.07, 6.45) is 0. The van der Waals surface area contributed by atoms with Gasteiger partial charge in [0.25, 0.3) is 5.91 Å². The van der Waals surface area contributed by atoms with E-state index in [1.54, 1.807) is 0 Å². The first kappa shape index (κ1) is 12.0. The molecule has 0 bridgehead atoms. The molecule has 0 aliphatic carbocycles. The van der Waals surface area contributed by atoms with E-state index < -0.39 is 0 Å². The third-order valence-electron chi connectivity index (χ3n) is 1.80. The van der Waals surface area contributed by atoms with E-state index in [0.29, 0.717) is 6.54 Å². The Morgan fingerprint density at radius 1 is 1.67 bits per heavy atom. The molecule has 0 aliphatic heterocycles. The van der Waals surface area contributed by atoms with Crippen LogP contribution in [0.5, 0.6) is 0 Å². The summed E-state index contributed by atoms with van der Waals surface area (Å²) in [6.45, 7) is 2.58. The van der Waals surface area contributed by atoms with Crippen LogP contribution in [0.25, 0.3) is 0 Å². The second-order valence-corrected chi connectivity index (χ2v) is 3.79. The number of amides is 1.